The van der Waals surface area contributed by atoms with Crippen molar-refractivity contribution >= 4 is 5.97 Å². The first kappa shape index (κ1) is 12.2. The molecule has 2 rings (SSSR count). The van der Waals surface area contributed by atoms with Crippen molar-refractivity contribution in [2.24, 2.45) is 11.8 Å². The summed E-state index contributed by atoms with van der Waals surface area (Å²) in [7, 11) is 0. The Morgan fingerprint density at radius 3 is 2.76 bits per heavy atom. The summed E-state index contributed by atoms with van der Waals surface area (Å²) >= 11 is 0. The van der Waals surface area contributed by atoms with Gasteiger partial charge in [-0.25, -0.2) is 4.79 Å². The Labute approximate surface area is 103 Å². The summed E-state index contributed by atoms with van der Waals surface area (Å²) in [6.07, 6.45) is 6.46. The van der Waals surface area contributed by atoms with Gasteiger partial charge in [-0.3, -0.25) is 0 Å². The molecule has 2 aliphatic rings. The number of hydrogen-bond donors (Lipinski definition) is 1. The maximum absolute atomic E-state index is 11.1. The summed E-state index contributed by atoms with van der Waals surface area (Å²) in [6, 6.07) is 0. The summed E-state index contributed by atoms with van der Waals surface area (Å²) in [5.41, 5.74) is 3.89. The monoisotopic (exact) mass is 232 g/mol. The average Bonchev–Trinajstić information content (AvgIpc) is 2.28. The van der Waals surface area contributed by atoms with Gasteiger partial charge in [-0.1, -0.05) is 25.2 Å². The second-order valence-corrected chi connectivity index (χ2v) is 5.37. The number of carboxylic acids is 1. The van der Waals surface area contributed by atoms with E-state index in [1.165, 1.54) is 11.1 Å². The largest absolute Gasteiger partial charge is 0.478 e. The van der Waals surface area contributed by atoms with Crippen LogP contribution in [0.5, 0.6) is 0 Å². The maximum Gasteiger partial charge on any atom is 0.335 e. The van der Waals surface area contributed by atoms with E-state index in [0.717, 1.165) is 31.3 Å². The van der Waals surface area contributed by atoms with Crippen molar-refractivity contribution in [2.75, 3.05) is 0 Å². The van der Waals surface area contributed by atoms with E-state index in [1.54, 1.807) is 0 Å². The molecule has 0 saturated heterocycles. The van der Waals surface area contributed by atoms with Crippen molar-refractivity contribution in [1.82, 2.24) is 0 Å². The van der Waals surface area contributed by atoms with Gasteiger partial charge in [0.15, 0.2) is 0 Å². The lowest BCUT2D eigenvalue weighted by Crippen LogP contribution is -2.24. The molecular formula is C15H20O2. The van der Waals surface area contributed by atoms with Crippen LogP contribution in [-0.2, 0) is 4.79 Å². The van der Waals surface area contributed by atoms with Gasteiger partial charge in [0, 0.05) is 0 Å². The average molecular weight is 232 g/mol. The molecule has 0 amide bonds. The zero-order chi connectivity index (χ0) is 12.6. The van der Waals surface area contributed by atoms with E-state index in [2.05, 4.69) is 26.5 Å². The SMILES string of the molecule is C=C(C(=O)O)C1=C2C=C(C)CC[C@H]2[C@H](C)CC1. The van der Waals surface area contributed by atoms with E-state index in [4.69, 9.17) is 5.11 Å². The van der Waals surface area contributed by atoms with Crippen molar-refractivity contribution in [2.45, 2.75) is 39.5 Å². The summed E-state index contributed by atoms with van der Waals surface area (Å²) < 4.78 is 0. The van der Waals surface area contributed by atoms with Crippen molar-refractivity contribution in [3.63, 3.8) is 0 Å². The topological polar surface area (TPSA) is 37.3 Å². The van der Waals surface area contributed by atoms with Gasteiger partial charge < -0.3 is 5.11 Å². The number of fused-ring (bicyclic) bond motifs is 1. The summed E-state index contributed by atoms with van der Waals surface area (Å²) in [5.74, 6) is 0.329. The lowest BCUT2D eigenvalue weighted by atomic mass is 9.69. The molecule has 0 saturated carbocycles. The first-order valence-corrected chi connectivity index (χ1v) is 6.33. The van der Waals surface area contributed by atoms with E-state index in [1.807, 2.05) is 0 Å². The van der Waals surface area contributed by atoms with E-state index in [9.17, 15) is 4.79 Å². The lowest BCUT2D eigenvalue weighted by molar-refractivity contribution is -0.132. The molecule has 2 nitrogen and oxygen atoms in total. The fourth-order valence-electron chi connectivity index (χ4n) is 3.06. The molecule has 0 unspecified atom stereocenters. The van der Waals surface area contributed by atoms with Gasteiger partial charge in [-0.15, -0.1) is 0 Å². The highest BCUT2D eigenvalue weighted by molar-refractivity contribution is 5.91. The first-order chi connectivity index (χ1) is 8.00. The van der Waals surface area contributed by atoms with Crippen LogP contribution in [0, 0.1) is 11.8 Å². The van der Waals surface area contributed by atoms with Gasteiger partial charge in [0.2, 0.25) is 0 Å². The van der Waals surface area contributed by atoms with Crippen LogP contribution in [-0.4, -0.2) is 11.1 Å². The number of allylic oxidation sites excluding steroid dienone is 3. The van der Waals surface area contributed by atoms with Crippen molar-refractivity contribution in [3.05, 3.63) is 34.9 Å². The van der Waals surface area contributed by atoms with Gasteiger partial charge in [-0.05, 0) is 55.6 Å². The molecule has 0 heterocycles. The summed E-state index contributed by atoms with van der Waals surface area (Å²) in [4.78, 5) is 11.1. The molecule has 0 spiro atoms. The van der Waals surface area contributed by atoms with Gasteiger partial charge >= 0.3 is 5.97 Å². The van der Waals surface area contributed by atoms with Gasteiger partial charge in [0.05, 0.1) is 5.57 Å². The van der Waals surface area contributed by atoms with Crippen LogP contribution in [0.4, 0.5) is 0 Å². The fourth-order valence-corrected chi connectivity index (χ4v) is 3.06. The van der Waals surface area contributed by atoms with Crippen LogP contribution < -0.4 is 0 Å². The molecule has 2 atom stereocenters. The molecule has 1 N–H and O–H groups in total. The highest BCUT2D eigenvalue weighted by atomic mass is 16.4. The van der Waals surface area contributed by atoms with Crippen molar-refractivity contribution in [3.8, 4) is 0 Å². The summed E-state index contributed by atoms with van der Waals surface area (Å²) in [5, 5.41) is 9.10. The predicted molar refractivity (Wildman–Crippen MR) is 68.7 cm³/mol. The summed E-state index contributed by atoms with van der Waals surface area (Å²) in [6.45, 7) is 8.14. The molecule has 0 aliphatic heterocycles. The Morgan fingerprint density at radius 2 is 2.12 bits per heavy atom. The Bertz CT molecular complexity index is 426. The van der Waals surface area contributed by atoms with Crippen LogP contribution >= 0.6 is 0 Å². The van der Waals surface area contributed by atoms with Crippen LogP contribution in [0.1, 0.15) is 39.5 Å². The Hall–Kier alpha value is -1.31. The first-order valence-electron chi connectivity index (χ1n) is 6.33. The van der Waals surface area contributed by atoms with E-state index < -0.39 is 5.97 Å². The zero-order valence-corrected chi connectivity index (χ0v) is 10.6. The fraction of sp³-hybridized carbons (Fsp3) is 0.533. The predicted octanol–water partition coefficient (Wildman–Crippen LogP) is 3.71. The second kappa shape index (κ2) is 4.52. The molecule has 2 aliphatic carbocycles. The molecule has 0 aromatic rings. The van der Waals surface area contributed by atoms with Crippen LogP contribution in [0.15, 0.2) is 34.9 Å². The Morgan fingerprint density at radius 1 is 1.41 bits per heavy atom. The molecule has 0 aromatic heterocycles. The van der Waals surface area contributed by atoms with E-state index in [-0.39, 0.29) is 0 Å². The quantitative estimate of drug-likeness (QED) is 0.737. The molecule has 0 aromatic carbocycles. The zero-order valence-electron chi connectivity index (χ0n) is 10.6. The van der Waals surface area contributed by atoms with Crippen LogP contribution in [0.3, 0.4) is 0 Å². The van der Waals surface area contributed by atoms with Crippen LogP contribution in [0.25, 0.3) is 0 Å². The number of hydrogen-bond acceptors (Lipinski definition) is 1. The Balaban J connectivity index is 2.46. The minimum atomic E-state index is -0.877. The standard InChI is InChI=1S/C15H20O2/c1-9-4-6-12-10(2)5-7-13(14(12)8-9)11(3)15(16)17/h8,10,12H,3-7H2,1-2H3,(H,16,17)/t10-,12+/m1/s1. The number of rotatable bonds is 2. The maximum atomic E-state index is 11.1. The molecule has 0 radical (unpaired) electrons. The third-order valence-electron chi connectivity index (χ3n) is 4.16. The second-order valence-electron chi connectivity index (χ2n) is 5.37. The third kappa shape index (κ3) is 2.21. The Kier molecular flexibility index (Phi) is 3.23. The van der Waals surface area contributed by atoms with Crippen molar-refractivity contribution in [1.29, 1.82) is 0 Å². The van der Waals surface area contributed by atoms with Crippen LogP contribution in [0.2, 0.25) is 0 Å². The number of carbonyl (C=O) groups is 1. The normalized spacial score (nSPS) is 28.5. The van der Waals surface area contributed by atoms with Crippen molar-refractivity contribution < 1.29 is 9.90 Å². The molecule has 17 heavy (non-hydrogen) atoms. The lowest BCUT2D eigenvalue weighted by Gasteiger charge is -2.35. The number of carboxylic acid groups (broad SMARTS) is 1. The molecule has 0 fully saturated rings. The van der Waals surface area contributed by atoms with E-state index in [0.29, 0.717) is 17.4 Å². The third-order valence-corrected chi connectivity index (χ3v) is 4.16. The molecule has 92 valence electrons. The highest BCUT2D eigenvalue weighted by Gasteiger charge is 2.31. The minimum absolute atomic E-state index is 0.294. The van der Waals surface area contributed by atoms with E-state index >= 15 is 0 Å². The van der Waals surface area contributed by atoms with Gasteiger partial charge in [0.25, 0.3) is 0 Å². The molecular weight excluding hydrogens is 212 g/mol. The van der Waals surface area contributed by atoms with Gasteiger partial charge in [0.1, 0.15) is 0 Å². The van der Waals surface area contributed by atoms with Gasteiger partial charge in [-0.2, -0.15) is 0 Å². The molecule has 2 heteroatoms. The minimum Gasteiger partial charge on any atom is -0.478 e. The molecule has 0 bridgehead atoms. The number of aliphatic carboxylic acids is 1. The highest BCUT2D eigenvalue weighted by Crippen LogP contribution is 2.43. The smallest absolute Gasteiger partial charge is 0.335 e.